The van der Waals surface area contributed by atoms with Crippen LogP contribution < -0.4 is 0 Å². The average molecular weight is 473 g/mol. The molecular weight excluding hydrogens is 444 g/mol. The van der Waals surface area contributed by atoms with Gasteiger partial charge in [-0.3, -0.25) is 4.98 Å². The van der Waals surface area contributed by atoms with Crippen LogP contribution in [0.5, 0.6) is 0 Å². The first-order valence-corrected chi connectivity index (χ1v) is 12.9. The highest BCUT2D eigenvalue weighted by Crippen LogP contribution is 2.51. The van der Waals surface area contributed by atoms with E-state index in [0.29, 0.717) is 0 Å². The first-order chi connectivity index (χ1) is 16.6. The third kappa shape index (κ3) is 2.96. The number of hydrogen-bond donors (Lipinski definition) is 0. The van der Waals surface area contributed by atoms with E-state index in [1.165, 1.54) is 59.1 Å². The molecule has 2 nitrogen and oxygen atoms in total. The summed E-state index contributed by atoms with van der Waals surface area (Å²) in [4.78, 5) is 8.81. The fourth-order valence-corrected chi connectivity index (χ4v) is 7.31. The Balaban J connectivity index is 1.61. The predicted octanol–water partition coefficient (Wildman–Crippen LogP) is 9.19. The molecule has 1 aliphatic carbocycles. The van der Waals surface area contributed by atoms with Crippen LogP contribution in [-0.2, 0) is 11.0 Å². The lowest BCUT2D eigenvalue weighted by molar-refractivity contribution is 0.660. The highest BCUT2D eigenvalue weighted by molar-refractivity contribution is 7.26. The van der Waals surface area contributed by atoms with Crippen molar-refractivity contribution < 1.29 is 0 Å². The zero-order valence-corrected chi connectivity index (χ0v) is 21.9. The number of thiophene rings is 1. The third-order valence-corrected chi connectivity index (χ3v) is 9.24. The van der Waals surface area contributed by atoms with Crippen LogP contribution in [0.1, 0.15) is 55.5 Å². The van der Waals surface area contributed by atoms with E-state index in [-0.39, 0.29) is 5.41 Å². The molecule has 0 unspecified atom stereocenters. The van der Waals surface area contributed by atoms with Gasteiger partial charge in [0.2, 0.25) is 0 Å². The van der Waals surface area contributed by atoms with Crippen LogP contribution in [0.4, 0.5) is 0 Å². The summed E-state index contributed by atoms with van der Waals surface area (Å²) in [7, 11) is 0. The Morgan fingerprint density at radius 2 is 1.66 bits per heavy atom. The number of hydrogen-bond acceptors (Lipinski definition) is 2. The van der Waals surface area contributed by atoms with E-state index >= 15 is 0 Å². The molecule has 6 rings (SSSR count). The van der Waals surface area contributed by atoms with E-state index in [4.69, 9.17) is 11.6 Å². The minimum Gasteiger partial charge on any atom is -0.306 e. The van der Waals surface area contributed by atoms with Gasteiger partial charge in [0.1, 0.15) is 0 Å². The molecule has 0 saturated heterocycles. The quantitative estimate of drug-likeness (QED) is 0.234. The average Bonchev–Trinajstić information content (AvgIpc) is 3.33. The Hall–Kier alpha value is -3.48. The van der Waals surface area contributed by atoms with Gasteiger partial charge in [-0.1, -0.05) is 50.2 Å². The topological polar surface area (TPSA) is 17.2 Å². The number of nitrogens with zero attached hydrogens (tertiary/aromatic N) is 2. The minimum absolute atomic E-state index is 0.0441. The van der Waals surface area contributed by atoms with E-state index in [0.717, 1.165) is 11.3 Å². The zero-order chi connectivity index (χ0) is 24.7. The molecule has 2 aromatic heterocycles. The smallest absolute Gasteiger partial charge is 0.252 e. The summed E-state index contributed by atoms with van der Waals surface area (Å²) in [5, 5.41) is 2.49. The van der Waals surface area contributed by atoms with Gasteiger partial charge in [0.05, 0.1) is 10.4 Å². The maximum atomic E-state index is 7.68. The second-order valence-electron chi connectivity index (χ2n) is 10.8. The van der Waals surface area contributed by atoms with Crippen LogP contribution in [0.3, 0.4) is 0 Å². The highest BCUT2D eigenvalue weighted by Gasteiger charge is 2.36. The molecule has 3 aromatic carbocycles. The number of aromatic nitrogens is 1. The molecule has 172 valence electrons. The Bertz CT molecular complexity index is 1730. The fourth-order valence-electron chi connectivity index (χ4n) is 6.00. The van der Waals surface area contributed by atoms with Gasteiger partial charge in [-0.15, -0.1) is 11.3 Å². The van der Waals surface area contributed by atoms with Crippen molar-refractivity contribution in [2.24, 2.45) is 0 Å². The summed E-state index contributed by atoms with van der Waals surface area (Å²) in [6, 6.07) is 20.0. The van der Waals surface area contributed by atoms with Crippen molar-refractivity contribution in [1.82, 2.24) is 4.98 Å². The molecule has 0 saturated carbocycles. The molecule has 2 heterocycles. The molecule has 35 heavy (non-hydrogen) atoms. The molecule has 0 radical (unpaired) electrons. The van der Waals surface area contributed by atoms with Crippen molar-refractivity contribution in [2.45, 2.75) is 52.5 Å². The van der Waals surface area contributed by atoms with Gasteiger partial charge >= 0.3 is 0 Å². The van der Waals surface area contributed by atoms with Gasteiger partial charge in [0.15, 0.2) is 0 Å². The van der Waals surface area contributed by atoms with Crippen LogP contribution in [-0.4, -0.2) is 4.98 Å². The van der Waals surface area contributed by atoms with Crippen LogP contribution in [0.25, 0.3) is 47.4 Å². The summed E-state index contributed by atoms with van der Waals surface area (Å²) in [6.45, 7) is 20.7. The summed E-state index contributed by atoms with van der Waals surface area (Å²) in [5.41, 5.74) is 10.8. The zero-order valence-electron chi connectivity index (χ0n) is 21.1. The first-order valence-electron chi connectivity index (χ1n) is 12.1. The molecule has 0 spiro atoms. The minimum atomic E-state index is -0.535. The normalized spacial score (nSPS) is 14.2. The van der Waals surface area contributed by atoms with E-state index in [2.05, 4.69) is 87.1 Å². The van der Waals surface area contributed by atoms with Crippen molar-refractivity contribution in [3.05, 3.63) is 100 Å². The van der Waals surface area contributed by atoms with Crippen molar-refractivity contribution in [2.75, 3.05) is 0 Å². The Labute approximate surface area is 211 Å². The second-order valence-corrected chi connectivity index (χ2v) is 11.8. The first kappa shape index (κ1) is 22.0. The fraction of sp³-hybridized carbons (Fsp3) is 0.250. The molecule has 1 aliphatic rings. The largest absolute Gasteiger partial charge is 0.306 e. The Morgan fingerprint density at radius 3 is 2.43 bits per heavy atom. The lowest BCUT2D eigenvalue weighted by Crippen LogP contribution is -2.15. The lowest BCUT2D eigenvalue weighted by Gasteiger charge is -2.22. The molecular formula is C32H28N2S. The van der Waals surface area contributed by atoms with E-state index in [9.17, 15) is 0 Å². The van der Waals surface area contributed by atoms with Gasteiger partial charge in [-0.2, -0.15) is 0 Å². The van der Waals surface area contributed by atoms with E-state index in [1.54, 1.807) is 0 Å². The predicted molar refractivity (Wildman–Crippen MR) is 149 cm³/mol. The second kappa shape index (κ2) is 7.26. The van der Waals surface area contributed by atoms with Crippen molar-refractivity contribution in [3.8, 4) is 22.4 Å². The molecule has 0 aliphatic heterocycles. The Kier molecular flexibility index (Phi) is 4.57. The van der Waals surface area contributed by atoms with Crippen molar-refractivity contribution >= 4 is 31.5 Å². The number of rotatable bonds is 2. The van der Waals surface area contributed by atoms with Crippen LogP contribution in [0.15, 0.2) is 60.8 Å². The Morgan fingerprint density at radius 1 is 0.914 bits per heavy atom. The molecule has 3 heteroatoms. The van der Waals surface area contributed by atoms with Crippen LogP contribution >= 0.6 is 11.3 Å². The van der Waals surface area contributed by atoms with Crippen LogP contribution in [0.2, 0.25) is 0 Å². The maximum absolute atomic E-state index is 7.68. The summed E-state index contributed by atoms with van der Waals surface area (Å²) < 4.78 is 2.48. The number of benzene rings is 3. The summed E-state index contributed by atoms with van der Waals surface area (Å²) in [6.07, 6.45) is 1.94. The van der Waals surface area contributed by atoms with Gasteiger partial charge in [0, 0.05) is 52.1 Å². The van der Waals surface area contributed by atoms with E-state index in [1.807, 2.05) is 31.4 Å². The third-order valence-electron chi connectivity index (χ3n) is 7.90. The van der Waals surface area contributed by atoms with E-state index < -0.39 is 5.54 Å². The molecule has 0 bridgehead atoms. The molecule has 0 N–H and O–H groups in total. The standard InChI is InChI=1S/C32H28N2S/c1-18-16-20(17-26-27(18)23-10-8-9-11-25(23)31(26,3)4)28-30-22(14-15-34-28)21-12-13-24(32(5,6)33-7)19(2)29(21)35-30/h8-17H,1-6H3. The lowest BCUT2D eigenvalue weighted by atomic mass is 9.81. The van der Waals surface area contributed by atoms with Gasteiger partial charge in [0.25, 0.3) is 5.54 Å². The molecule has 0 amide bonds. The molecule has 5 aromatic rings. The number of fused-ring (bicyclic) bond motifs is 6. The van der Waals surface area contributed by atoms with Crippen LogP contribution in [0, 0.1) is 20.4 Å². The number of aryl methyl sites for hydroxylation is 2. The van der Waals surface area contributed by atoms with Crippen molar-refractivity contribution in [3.63, 3.8) is 0 Å². The van der Waals surface area contributed by atoms with Crippen molar-refractivity contribution in [1.29, 1.82) is 0 Å². The van der Waals surface area contributed by atoms with Gasteiger partial charge in [-0.05, 0) is 65.4 Å². The molecule has 0 atom stereocenters. The highest BCUT2D eigenvalue weighted by atomic mass is 32.1. The summed E-state index contributed by atoms with van der Waals surface area (Å²) in [5.74, 6) is 0. The monoisotopic (exact) mass is 472 g/mol. The SMILES string of the molecule is [C-]#[N+]C(C)(C)c1ccc2c(sc3c(-c4cc(C)c5c(c4)C(C)(C)c4ccccc4-5)nccc32)c1C. The maximum Gasteiger partial charge on any atom is 0.252 e. The van der Waals surface area contributed by atoms with Gasteiger partial charge < -0.3 is 4.85 Å². The van der Waals surface area contributed by atoms with Gasteiger partial charge in [-0.25, -0.2) is 6.57 Å². The number of pyridine rings is 1. The summed E-state index contributed by atoms with van der Waals surface area (Å²) >= 11 is 1.81. The molecule has 0 fully saturated rings.